The number of rotatable bonds is 9. The second-order valence-electron chi connectivity index (χ2n) is 9.94. The molecule has 0 atom stereocenters. The molecule has 0 aromatic heterocycles. The summed E-state index contributed by atoms with van der Waals surface area (Å²) in [5.41, 5.74) is 6.02. The van der Waals surface area contributed by atoms with Gasteiger partial charge in [0.25, 0.3) is 5.91 Å². The number of halogens is 1. The molecule has 4 nitrogen and oxygen atoms in total. The zero-order valence-corrected chi connectivity index (χ0v) is 24.6. The van der Waals surface area contributed by atoms with Gasteiger partial charge in [0, 0.05) is 24.0 Å². The number of nitrogens with zero attached hydrogens (tertiary/aromatic N) is 1. The molecule has 0 aliphatic carbocycles. The normalized spacial score (nSPS) is 10.9. The van der Waals surface area contributed by atoms with Crippen molar-refractivity contribution in [1.29, 1.82) is 0 Å². The number of carbonyl (C=O) groups is 1. The van der Waals surface area contributed by atoms with E-state index in [1.54, 1.807) is 19.0 Å². The number of aryl methyl sites for hydroxylation is 1. The Morgan fingerprint density at radius 1 is 0.725 bits per heavy atom. The monoisotopic (exact) mass is 593 g/mol. The zero-order valence-electron chi connectivity index (χ0n) is 23.0. The van der Waals surface area contributed by atoms with Gasteiger partial charge < -0.3 is 14.4 Å². The van der Waals surface area contributed by atoms with Crippen molar-refractivity contribution in [3.63, 3.8) is 0 Å². The third-order valence-electron chi connectivity index (χ3n) is 6.93. The third-order valence-corrected chi connectivity index (χ3v) is 7.46. The summed E-state index contributed by atoms with van der Waals surface area (Å²) in [7, 11) is 3.52. The molecular formula is C35H32BrNO3. The fraction of sp³-hybridized carbons (Fsp3) is 0.171. The summed E-state index contributed by atoms with van der Waals surface area (Å²) in [6, 6.07) is 34.6. The molecule has 0 saturated heterocycles. The number of ether oxygens (including phenoxy) is 2. The molecule has 0 spiro atoms. The second-order valence-corrected chi connectivity index (χ2v) is 10.9. The number of carbonyl (C=O) groups excluding carboxylic acids is 1. The highest BCUT2D eigenvalue weighted by molar-refractivity contribution is 9.10. The van der Waals surface area contributed by atoms with Crippen LogP contribution in [-0.4, -0.2) is 24.9 Å². The molecule has 5 rings (SSSR count). The molecule has 40 heavy (non-hydrogen) atoms. The van der Waals surface area contributed by atoms with E-state index in [1.165, 1.54) is 5.56 Å². The average molecular weight is 595 g/mol. The second kappa shape index (κ2) is 12.4. The lowest BCUT2D eigenvalue weighted by Gasteiger charge is -2.20. The Hall–Kier alpha value is -4.09. The maximum atomic E-state index is 13.3. The standard InChI is InChI=1S/C35H32BrNO3/c1-4-24-9-11-25(12-10-24)22-39-29-19-13-26(14-20-29)23-40-34-31-8-6-5-7-30(31)32(21-33(34)35(38)37(2)3)27-15-17-28(36)18-16-27/h5-21H,4,22-23H2,1-3H3. The van der Waals surface area contributed by atoms with Gasteiger partial charge in [-0.1, -0.05) is 95.7 Å². The van der Waals surface area contributed by atoms with Gasteiger partial charge in [0.1, 0.15) is 24.7 Å². The smallest absolute Gasteiger partial charge is 0.257 e. The van der Waals surface area contributed by atoms with Crippen LogP contribution in [0.3, 0.4) is 0 Å². The van der Waals surface area contributed by atoms with E-state index in [9.17, 15) is 4.79 Å². The predicted molar refractivity (Wildman–Crippen MR) is 166 cm³/mol. The molecule has 0 saturated carbocycles. The SMILES string of the molecule is CCc1ccc(COc2ccc(COc3c(C(=O)N(C)C)cc(-c4ccc(Br)cc4)c4ccccc34)cc2)cc1. The van der Waals surface area contributed by atoms with E-state index in [0.717, 1.165) is 49.7 Å². The van der Waals surface area contributed by atoms with Crippen molar-refractivity contribution < 1.29 is 14.3 Å². The molecule has 5 aromatic carbocycles. The van der Waals surface area contributed by atoms with Gasteiger partial charge in [-0.15, -0.1) is 0 Å². The molecule has 1 amide bonds. The van der Waals surface area contributed by atoms with E-state index in [2.05, 4.69) is 65.3 Å². The Morgan fingerprint density at radius 3 is 1.93 bits per heavy atom. The van der Waals surface area contributed by atoms with Crippen LogP contribution in [0.1, 0.15) is 34.0 Å². The van der Waals surface area contributed by atoms with Crippen molar-refractivity contribution in [3.05, 3.63) is 130 Å². The molecule has 0 aliphatic rings. The number of hydrogen-bond donors (Lipinski definition) is 0. The van der Waals surface area contributed by atoms with Gasteiger partial charge in [-0.05, 0) is 70.0 Å². The molecule has 5 aromatic rings. The number of benzene rings is 5. The lowest BCUT2D eigenvalue weighted by molar-refractivity contribution is 0.0823. The van der Waals surface area contributed by atoms with Crippen LogP contribution in [-0.2, 0) is 19.6 Å². The molecule has 0 heterocycles. The van der Waals surface area contributed by atoms with Gasteiger partial charge in [-0.3, -0.25) is 4.79 Å². The first kappa shape index (κ1) is 27.5. The van der Waals surface area contributed by atoms with Crippen LogP contribution in [0.5, 0.6) is 11.5 Å². The average Bonchev–Trinajstić information content (AvgIpc) is 2.99. The highest BCUT2D eigenvalue weighted by Crippen LogP contribution is 2.39. The highest BCUT2D eigenvalue weighted by atomic mass is 79.9. The first-order valence-electron chi connectivity index (χ1n) is 13.4. The van der Waals surface area contributed by atoms with Gasteiger partial charge in [-0.2, -0.15) is 0 Å². The fourth-order valence-corrected chi connectivity index (χ4v) is 4.91. The lowest BCUT2D eigenvalue weighted by atomic mass is 9.94. The van der Waals surface area contributed by atoms with Crippen LogP contribution in [0.15, 0.2) is 108 Å². The van der Waals surface area contributed by atoms with Crippen molar-refractivity contribution in [3.8, 4) is 22.6 Å². The molecule has 0 fully saturated rings. The largest absolute Gasteiger partial charge is 0.489 e. The quantitative estimate of drug-likeness (QED) is 0.171. The van der Waals surface area contributed by atoms with E-state index in [1.807, 2.05) is 60.7 Å². The molecule has 0 bridgehead atoms. The maximum absolute atomic E-state index is 13.3. The molecule has 0 N–H and O–H groups in total. The Morgan fingerprint density at radius 2 is 1.30 bits per heavy atom. The van der Waals surface area contributed by atoms with Crippen molar-refractivity contribution in [2.45, 2.75) is 26.6 Å². The van der Waals surface area contributed by atoms with Crippen molar-refractivity contribution in [2.75, 3.05) is 14.1 Å². The van der Waals surface area contributed by atoms with Crippen LogP contribution in [0.4, 0.5) is 0 Å². The van der Waals surface area contributed by atoms with Gasteiger partial charge in [0.15, 0.2) is 0 Å². The summed E-state index contributed by atoms with van der Waals surface area (Å²) in [6.45, 7) is 3.00. The van der Waals surface area contributed by atoms with Crippen LogP contribution in [0.2, 0.25) is 0 Å². The van der Waals surface area contributed by atoms with Crippen LogP contribution in [0.25, 0.3) is 21.9 Å². The van der Waals surface area contributed by atoms with Crippen LogP contribution < -0.4 is 9.47 Å². The minimum Gasteiger partial charge on any atom is -0.489 e. The van der Waals surface area contributed by atoms with E-state index in [0.29, 0.717) is 24.5 Å². The summed E-state index contributed by atoms with van der Waals surface area (Å²) in [6.07, 6.45) is 1.03. The summed E-state index contributed by atoms with van der Waals surface area (Å²) in [5.74, 6) is 1.29. The molecule has 0 unspecified atom stereocenters. The Labute approximate surface area is 244 Å². The minimum atomic E-state index is -0.102. The summed E-state index contributed by atoms with van der Waals surface area (Å²) < 4.78 is 13.4. The Bertz CT molecular complexity index is 1610. The summed E-state index contributed by atoms with van der Waals surface area (Å²) in [4.78, 5) is 14.9. The summed E-state index contributed by atoms with van der Waals surface area (Å²) in [5, 5.41) is 1.94. The Kier molecular flexibility index (Phi) is 8.51. The van der Waals surface area contributed by atoms with E-state index < -0.39 is 0 Å². The van der Waals surface area contributed by atoms with Crippen molar-refractivity contribution in [2.24, 2.45) is 0 Å². The first-order valence-corrected chi connectivity index (χ1v) is 14.2. The number of hydrogen-bond acceptors (Lipinski definition) is 3. The number of fused-ring (bicyclic) bond motifs is 1. The highest BCUT2D eigenvalue weighted by Gasteiger charge is 2.21. The molecular weight excluding hydrogens is 562 g/mol. The van der Waals surface area contributed by atoms with Gasteiger partial charge in [-0.25, -0.2) is 0 Å². The topological polar surface area (TPSA) is 38.8 Å². The van der Waals surface area contributed by atoms with Gasteiger partial charge in [0.2, 0.25) is 0 Å². The maximum Gasteiger partial charge on any atom is 0.257 e. The minimum absolute atomic E-state index is 0.102. The summed E-state index contributed by atoms with van der Waals surface area (Å²) >= 11 is 3.52. The van der Waals surface area contributed by atoms with E-state index in [-0.39, 0.29) is 5.91 Å². The first-order chi connectivity index (χ1) is 19.4. The predicted octanol–water partition coefficient (Wildman–Crippen LogP) is 8.69. The fourth-order valence-electron chi connectivity index (χ4n) is 4.65. The van der Waals surface area contributed by atoms with Gasteiger partial charge >= 0.3 is 0 Å². The van der Waals surface area contributed by atoms with Gasteiger partial charge in [0.05, 0.1) is 5.56 Å². The zero-order chi connectivity index (χ0) is 28.1. The molecule has 0 aliphatic heterocycles. The number of amides is 1. The third kappa shape index (κ3) is 6.21. The van der Waals surface area contributed by atoms with Crippen LogP contribution >= 0.6 is 15.9 Å². The molecule has 202 valence electrons. The van der Waals surface area contributed by atoms with E-state index >= 15 is 0 Å². The molecule has 5 heteroatoms. The van der Waals surface area contributed by atoms with E-state index in [4.69, 9.17) is 9.47 Å². The van der Waals surface area contributed by atoms with Crippen molar-refractivity contribution >= 4 is 32.6 Å². The lowest BCUT2D eigenvalue weighted by Crippen LogP contribution is -2.22. The Balaban J connectivity index is 1.39. The molecule has 0 radical (unpaired) electrons. The van der Waals surface area contributed by atoms with Crippen LogP contribution in [0, 0.1) is 0 Å². The van der Waals surface area contributed by atoms with Crippen molar-refractivity contribution in [1.82, 2.24) is 4.90 Å².